The molecule has 0 radical (unpaired) electrons. The molecule has 14 heteroatoms. The summed E-state index contributed by atoms with van der Waals surface area (Å²) in [5.41, 5.74) is -0.620. The molecule has 1 N–H and O–H groups in total. The summed E-state index contributed by atoms with van der Waals surface area (Å²) in [5.74, 6) is 0. The lowest BCUT2D eigenvalue weighted by Gasteiger charge is -2.51. The molecule has 11 nitrogen and oxygen atoms in total. The lowest BCUT2D eigenvalue weighted by molar-refractivity contribution is -0.0594. The number of nitrogens with zero attached hydrogens (tertiary/aromatic N) is 3. The van der Waals surface area contributed by atoms with Gasteiger partial charge in [-0.15, -0.1) is 0 Å². The van der Waals surface area contributed by atoms with Crippen molar-refractivity contribution in [2.45, 2.75) is 102 Å². The van der Waals surface area contributed by atoms with E-state index in [9.17, 15) is 9.59 Å². The standard InChI is InChI=1S/C25H40N4O7SSi2/c1-15(2)38(16(3)4)32-13-19-21(35-39(36-38,17(5)6)18(7)8)22(34-25(37)28-12-10-26-14-28)23(33-19)29-11-9-20(30)27-24(29)31/h9-12,14-19,21-23H,13H2,1-8H3,(H,27,30,31)/t19-,21-,22-,23-/m1/s1. The van der Waals surface area contributed by atoms with Gasteiger partial charge in [0.15, 0.2) is 12.3 Å². The summed E-state index contributed by atoms with van der Waals surface area (Å²) in [7, 11) is -5.81. The summed E-state index contributed by atoms with van der Waals surface area (Å²) >= 11 is 5.59. The van der Waals surface area contributed by atoms with Crippen LogP contribution in [0.25, 0.3) is 0 Å². The number of rotatable bonds is 6. The van der Waals surface area contributed by atoms with Gasteiger partial charge in [-0.05, 0) is 34.4 Å². The van der Waals surface area contributed by atoms with Gasteiger partial charge in [0.1, 0.15) is 18.5 Å². The molecule has 0 unspecified atom stereocenters. The number of thiocarbonyl (C=S) groups is 1. The predicted molar refractivity (Wildman–Crippen MR) is 154 cm³/mol. The Morgan fingerprint density at radius 1 is 1.05 bits per heavy atom. The second-order valence-corrected chi connectivity index (χ2v) is 20.7. The van der Waals surface area contributed by atoms with Gasteiger partial charge >= 0.3 is 22.8 Å². The summed E-state index contributed by atoms with van der Waals surface area (Å²) in [6.07, 6.45) is 3.21. The molecule has 216 valence electrons. The van der Waals surface area contributed by atoms with Crippen LogP contribution >= 0.6 is 12.2 Å². The van der Waals surface area contributed by atoms with Gasteiger partial charge in [0.05, 0.1) is 6.61 Å². The first kappa shape index (κ1) is 30.0. The zero-order chi connectivity index (χ0) is 28.7. The van der Waals surface area contributed by atoms with E-state index in [1.54, 1.807) is 17.0 Å². The Bertz CT molecular complexity index is 1250. The maximum Gasteiger partial charge on any atom is 0.335 e. The molecule has 2 aromatic heterocycles. The molecular formula is C25H40N4O7SSi2. The molecule has 2 fully saturated rings. The lowest BCUT2D eigenvalue weighted by atomic mass is 10.1. The molecule has 0 aliphatic carbocycles. The van der Waals surface area contributed by atoms with Crippen LogP contribution in [0.4, 0.5) is 0 Å². The highest BCUT2D eigenvalue weighted by atomic mass is 32.1. The zero-order valence-corrected chi connectivity index (χ0v) is 26.6. The number of aromatic amines is 1. The number of ether oxygens (including phenoxy) is 2. The topological polar surface area (TPSA) is 119 Å². The van der Waals surface area contributed by atoms with Gasteiger partial charge in [-0.2, -0.15) is 0 Å². The molecule has 0 saturated carbocycles. The maximum absolute atomic E-state index is 12.9. The smallest absolute Gasteiger partial charge is 0.335 e. The third-order valence-electron chi connectivity index (χ3n) is 7.69. The van der Waals surface area contributed by atoms with Crippen molar-refractivity contribution in [2.24, 2.45) is 0 Å². The second kappa shape index (κ2) is 11.5. The lowest BCUT2D eigenvalue weighted by Crippen LogP contribution is -2.66. The van der Waals surface area contributed by atoms with Gasteiger partial charge in [-0.3, -0.25) is 18.9 Å². The van der Waals surface area contributed by atoms with E-state index in [2.05, 4.69) is 65.4 Å². The monoisotopic (exact) mass is 596 g/mol. The van der Waals surface area contributed by atoms with Crippen molar-refractivity contribution in [3.8, 4) is 0 Å². The van der Waals surface area contributed by atoms with Crippen molar-refractivity contribution in [1.29, 1.82) is 0 Å². The molecule has 4 atom stereocenters. The minimum Gasteiger partial charge on any atom is -0.459 e. The number of imidazole rings is 1. The largest absolute Gasteiger partial charge is 0.459 e. The Morgan fingerprint density at radius 3 is 2.23 bits per heavy atom. The van der Waals surface area contributed by atoms with E-state index in [1.165, 1.54) is 23.2 Å². The number of hydrogen-bond donors (Lipinski definition) is 1. The molecule has 4 rings (SSSR count). The molecule has 4 heterocycles. The maximum atomic E-state index is 12.9. The number of aromatic nitrogens is 4. The van der Waals surface area contributed by atoms with Crippen LogP contribution in [0, 0.1) is 0 Å². The summed E-state index contributed by atoms with van der Waals surface area (Å²) in [5, 5.41) is 0.131. The molecule has 2 aliphatic rings. The van der Waals surface area contributed by atoms with Gasteiger partial charge < -0.3 is 22.4 Å². The van der Waals surface area contributed by atoms with Gasteiger partial charge in [0, 0.05) is 24.7 Å². The summed E-state index contributed by atoms with van der Waals surface area (Å²) in [4.78, 5) is 31.1. The van der Waals surface area contributed by atoms with Crippen molar-refractivity contribution in [3.05, 3.63) is 51.8 Å². The van der Waals surface area contributed by atoms with E-state index in [-0.39, 0.29) is 33.9 Å². The molecule has 2 aliphatic heterocycles. The molecular weight excluding hydrogens is 557 g/mol. The number of hydrogen-bond acceptors (Lipinski definition) is 9. The third-order valence-corrected chi connectivity index (χ3v) is 18.3. The van der Waals surface area contributed by atoms with Crippen molar-refractivity contribution >= 4 is 34.5 Å². The van der Waals surface area contributed by atoms with Gasteiger partial charge in [-0.25, -0.2) is 9.78 Å². The van der Waals surface area contributed by atoms with Crippen LogP contribution in [-0.2, 0) is 22.4 Å². The SMILES string of the molecule is CC(C)[Si]1(C(C)C)OC[C@H]2O[C@@H](n3ccc(=O)[nH]c3=O)[C@H](OC(=S)n3ccnc3)[C@@H]2O[Si](C(C)C)(C(C)C)O1. The highest BCUT2D eigenvalue weighted by Gasteiger charge is 2.62. The van der Waals surface area contributed by atoms with E-state index in [0.29, 0.717) is 0 Å². The summed E-state index contributed by atoms with van der Waals surface area (Å²) in [6, 6.07) is 1.27. The van der Waals surface area contributed by atoms with Crippen LogP contribution in [0.5, 0.6) is 0 Å². The first-order valence-electron chi connectivity index (χ1n) is 13.5. The van der Waals surface area contributed by atoms with Crippen molar-refractivity contribution in [3.63, 3.8) is 0 Å². The summed E-state index contributed by atoms with van der Waals surface area (Å²) < 4.78 is 37.0. The minimum atomic E-state index is -3.01. The normalized spacial score (nSPS) is 26.6. The van der Waals surface area contributed by atoms with E-state index < -0.39 is 52.9 Å². The van der Waals surface area contributed by atoms with Crippen LogP contribution in [0.2, 0.25) is 22.2 Å². The Kier molecular flexibility index (Phi) is 8.86. The molecule has 0 bridgehead atoms. The van der Waals surface area contributed by atoms with E-state index in [0.717, 1.165) is 0 Å². The molecule has 2 saturated heterocycles. The Labute approximate surface area is 236 Å². The first-order valence-corrected chi connectivity index (χ1v) is 17.8. The first-order chi connectivity index (χ1) is 18.3. The van der Waals surface area contributed by atoms with Crippen LogP contribution < -0.4 is 11.2 Å². The highest BCUT2D eigenvalue weighted by molar-refractivity contribution is 7.80. The van der Waals surface area contributed by atoms with Gasteiger partial charge in [-0.1, -0.05) is 55.4 Å². The molecule has 0 aromatic carbocycles. The zero-order valence-electron chi connectivity index (χ0n) is 23.8. The number of H-pyrrole nitrogens is 1. The fraction of sp³-hybridized carbons (Fsp3) is 0.680. The Hall–Kier alpha value is -1.95. The predicted octanol–water partition coefficient (Wildman–Crippen LogP) is 3.81. The van der Waals surface area contributed by atoms with Crippen LogP contribution in [0.3, 0.4) is 0 Å². The highest BCUT2D eigenvalue weighted by Crippen LogP contribution is 2.48. The molecule has 39 heavy (non-hydrogen) atoms. The van der Waals surface area contributed by atoms with E-state index in [4.69, 9.17) is 34.7 Å². The fourth-order valence-corrected chi connectivity index (χ4v) is 17.1. The van der Waals surface area contributed by atoms with Crippen LogP contribution in [-0.4, -0.2) is 66.3 Å². The number of fused-ring (bicyclic) bond motifs is 1. The molecule has 0 spiro atoms. The van der Waals surface area contributed by atoms with Crippen molar-refractivity contribution in [2.75, 3.05) is 6.61 Å². The summed E-state index contributed by atoms with van der Waals surface area (Å²) in [6.45, 7) is 17.3. The van der Waals surface area contributed by atoms with Crippen molar-refractivity contribution < 1.29 is 22.4 Å². The van der Waals surface area contributed by atoms with Gasteiger partial charge in [0.25, 0.3) is 10.7 Å². The van der Waals surface area contributed by atoms with E-state index >= 15 is 0 Å². The number of nitrogens with one attached hydrogen (secondary N) is 1. The Morgan fingerprint density at radius 2 is 1.69 bits per heavy atom. The molecule has 2 aromatic rings. The van der Waals surface area contributed by atoms with Crippen molar-refractivity contribution in [1.82, 2.24) is 19.1 Å². The minimum absolute atomic E-state index is 0.0836. The Balaban J connectivity index is 1.84. The van der Waals surface area contributed by atoms with Gasteiger partial charge in [0.2, 0.25) is 0 Å². The van der Waals surface area contributed by atoms with Crippen LogP contribution in [0.15, 0.2) is 40.6 Å². The average Bonchev–Trinajstić information content (AvgIpc) is 3.48. The quantitative estimate of drug-likeness (QED) is 0.392. The third kappa shape index (κ3) is 5.52. The molecule has 0 amide bonds. The van der Waals surface area contributed by atoms with Crippen LogP contribution in [0.1, 0.15) is 61.6 Å². The second-order valence-electron chi connectivity index (χ2n) is 11.5. The average molecular weight is 597 g/mol. The fourth-order valence-electron chi connectivity index (χ4n) is 5.64. The van der Waals surface area contributed by atoms with E-state index in [1.807, 2.05) is 0 Å².